The summed E-state index contributed by atoms with van der Waals surface area (Å²) >= 11 is 0. The van der Waals surface area contributed by atoms with Gasteiger partial charge in [0.25, 0.3) is 0 Å². The maximum Gasteiger partial charge on any atom is 0.0720 e. The Hall–Kier alpha value is -1.28. The van der Waals surface area contributed by atoms with Crippen LogP contribution >= 0.6 is 0 Å². The fourth-order valence-corrected chi connectivity index (χ4v) is 1.79. The summed E-state index contributed by atoms with van der Waals surface area (Å²) in [4.78, 5) is 0. The zero-order valence-corrected chi connectivity index (χ0v) is 8.86. The third-order valence-corrected chi connectivity index (χ3v) is 2.78. The molecule has 0 spiro atoms. The van der Waals surface area contributed by atoms with Crippen LogP contribution in [0.5, 0.6) is 0 Å². The lowest BCUT2D eigenvalue weighted by Crippen LogP contribution is -2.43. The van der Waals surface area contributed by atoms with Crippen molar-refractivity contribution in [2.45, 2.75) is 31.6 Å². The van der Waals surface area contributed by atoms with Gasteiger partial charge in [0.05, 0.1) is 12.7 Å². The minimum Gasteiger partial charge on any atom is -0.388 e. The molecule has 0 aromatic heterocycles. The quantitative estimate of drug-likeness (QED) is 0.793. The minimum absolute atomic E-state index is 0.419. The summed E-state index contributed by atoms with van der Waals surface area (Å²) < 4.78 is 5.77. The van der Waals surface area contributed by atoms with Gasteiger partial charge < -0.3 is 10.1 Å². The highest BCUT2D eigenvalue weighted by Gasteiger charge is 2.28. The van der Waals surface area contributed by atoms with Crippen LogP contribution in [-0.2, 0) is 11.3 Å². The van der Waals surface area contributed by atoms with Crippen molar-refractivity contribution in [2.24, 2.45) is 0 Å². The SMILES string of the molecule is C=CNC1CC(OCc2ccccc2)C1. The second-order valence-corrected chi connectivity index (χ2v) is 3.96. The van der Waals surface area contributed by atoms with Crippen LogP contribution in [0.3, 0.4) is 0 Å². The van der Waals surface area contributed by atoms with Crippen LogP contribution in [0.4, 0.5) is 0 Å². The molecule has 0 saturated heterocycles. The van der Waals surface area contributed by atoms with Gasteiger partial charge in [0.15, 0.2) is 0 Å². The molecule has 1 aliphatic rings. The molecule has 1 aromatic carbocycles. The molecule has 1 aliphatic carbocycles. The Bertz CT molecular complexity index is 304. The predicted octanol–water partition coefficient (Wildman–Crippen LogP) is 2.47. The van der Waals surface area contributed by atoms with Crippen molar-refractivity contribution < 1.29 is 4.74 Å². The molecule has 0 radical (unpaired) electrons. The highest BCUT2D eigenvalue weighted by atomic mass is 16.5. The van der Waals surface area contributed by atoms with E-state index in [1.165, 1.54) is 5.56 Å². The van der Waals surface area contributed by atoms with Crippen LogP contribution in [0.25, 0.3) is 0 Å². The fourth-order valence-electron chi connectivity index (χ4n) is 1.79. The van der Waals surface area contributed by atoms with Crippen LogP contribution in [0.1, 0.15) is 18.4 Å². The predicted molar refractivity (Wildman–Crippen MR) is 61.4 cm³/mol. The van der Waals surface area contributed by atoms with E-state index in [4.69, 9.17) is 4.74 Å². The number of hydrogen-bond acceptors (Lipinski definition) is 2. The lowest BCUT2D eigenvalue weighted by molar-refractivity contribution is -0.0239. The molecule has 1 fully saturated rings. The molecule has 1 saturated carbocycles. The molecule has 0 aliphatic heterocycles. The molecule has 0 bridgehead atoms. The van der Waals surface area contributed by atoms with Gasteiger partial charge in [-0.05, 0) is 24.6 Å². The Labute approximate surface area is 91.0 Å². The largest absolute Gasteiger partial charge is 0.388 e. The summed E-state index contributed by atoms with van der Waals surface area (Å²) in [6, 6.07) is 10.9. The number of hydrogen-bond donors (Lipinski definition) is 1. The maximum atomic E-state index is 5.77. The van der Waals surface area contributed by atoms with E-state index >= 15 is 0 Å². The normalized spacial score (nSPS) is 24.3. The topological polar surface area (TPSA) is 21.3 Å². The van der Waals surface area contributed by atoms with Gasteiger partial charge in [0.2, 0.25) is 0 Å². The van der Waals surface area contributed by atoms with Crippen LogP contribution < -0.4 is 5.32 Å². The molecule has 2 rings (SSSR count). The summed E-state index contributed by atoms with van der Waals surface area (Å²) in [5, 5.41) is 3.19. The van der Waals surface area contributed by atoms with E-state index in [9.17, 15) is 0 Å². The van der Waals surface area contributed by atoms with E-state index in [0.717, 1.165) is 19.4 Å². The van der Waals surface area contributed by atoms with E-state index in [1.54, 1.807) is 6.20 Å². The Morgan fingerprint density at radius 3 is 2.73 bits per heavy atom. The van der Waals surface area contributed by atoms with Gasteiger partial charge in [-0.2, -0.15) is 0 Å². The summed E-state index contributed by atoms with van der Waals surface area (Å²) in [6.45, 7) is 4.38. The molecule has 15 heavy (non-hydrogen) atoms. The standard InChI is InChI=1S/C13H17NO/c1-2-14-12-8-13(9-12)15-10-11-6-4-3-5-7-11/h2-7,12-14H,1,8-10H2. The summed E-state index contributed by atoms with van der Waals surface area (Å²) in [5.74, 6) is 0. The first-order valence-electron chi connectivity index (χ1n) is 5.41. The zero-order valence-electron chi connectivity index (χ0n) is 8.86. The molecule has 0 unspecified atom stereocenters. The van der Waals surface area contributed by atoms with Gasteiger partial charge in [-0.1, -0.05) is 36.9 Å². The zero-order chi connectivity index (χ0) is 10.5. The molecule has 2 heteroatoms. The first-order chi connectivity index (χ1) is 7.38. The van der Waals surface area contributed by atoms with Gasteiger partial charge in [-0.3, -0.25) is 0 Å². The van der Waals surface area contributed by atoms with E-state index in [1.807, 2.05) is 18.2 Å². The third kappa shape index (κ3) is 2.83. The van der Waals surface area contributed by atoms with Gasteiger partial charge in [0.1, 0.15) is 0 Å². The van der Waals surface area contributed by atoms with Crippen molar-refractivity contribution in [3.8, 4) is 0 Å². The van der Waals surface area contributed by atoms with Crippen LogP contribution in [0, 0.1) is 0 Å². The van der Waals surface area contributed by atoms with E-state index < -0.39 is 0 Å². The molecule has 0 heterocycles. The van der Waals surface area contributed by atoms with Gasteiger partial charge >= 0.3 is 0 Å². The van der Waals surface area contributed by atoms with Crippen LogP contribution in [0.15, 0.2) is 43.1 Å². The van der Waals surface area contributed by atoms with Crippen LogP contribution in [0.2, 0.25) is 0 Å². The van der Waals surface area contributed by atoms with Crippen molar-refractivity contribution in [1.82, 2.24) is 5.32 Å². The molecular formula is C13H17NO. The van der Waals surface area contributed by atoms with Crippen molar-refractivity contribution in [3.63, 3.8) is 0 Å². The molecule has 0 amide bonds. The lowest BCUT2D eigenvalue weighted by atomic mass is 9.89. The highest BCUT2D eigenvalue weighted by molar-refractivity contribution is 5.13. The third-order valence-electron chi connectivity index (χ3n) is 2.78. The monoisotopic (exact) mass is 203 g/mol. The summed E-state index contributed by atoms with van der Waals surface area (Å²) in [6.07, 6.45) is 4.37. The average molecular weight is 203 g/mol. The summed E-state index contributed by atoms with van der Waals surface area (Å²) in [7, 11) is 0. The Morgan fingerprint density at radius 1 is 1.33 bits per heavy atom. The average Bonchev–Trinajstić information content (AvgIpc) is 2.23. The Morgan fingerprint density at radius 2 is 2.07 bits per heavy atom. The van der Waals surface area contributed by atoms with Crippen LogP contribution in [-0.4, -0.2) is 12.1 Å². The summed E-state index contributed by atoms with van der Waals surface area (Å²) in [5.41, 5.74) is 1.25. The Balaban J connectivity index is 1.66. The maximum absolute atomic E-state index is 5.77. The first kappa shape index (κ1) is 10.2. The van der Waals surface area contributed by atoms with E-state index in [-0.39, 0.29) is 0 Å². The van der Waals surface area contributed by atoms with Crippen molar-refractivity contribution >= 4 is 0 Å². The first-order valence-corrected chi connectivity index (χ1v) is 5.41. The molecule has 0 atom stereocenters. The molecule has 80 valence electrons. The molecule has 1 aromatic rings. The lowest BCUT2D eigenvalue weighted by Gasteiger charge is -2.35. The van der Waals surface area contributed by atoms with Gasteiger partial charge in [-0.25, -0.2) is 0 Å². The fraction of sp³-hybridized carbons (Fsp3) is 0.385. The van der Waals surface area contributed by atoms with Crippen molar-refractivity contribution in [2.75, 3.05) is 0 Å². The van der Waals surface area contributed by atoms with Gasteiger partial charge in [-0.15, -0.1) is 0 Å². The second-order valence-electron chi connectivity index (χ2n) is 3.96. The highest BCUT2D eigenvalue weighted by Crippen LogP contribution is 2.24. The smallest absolute Gasteiger partial charge is 0.0720 e. The van der Waals surface area contributed by atoms with Gasteiger partial charge in [0, 0.05) is 6.04 Å². The van der Waals surface area contributed by atoms with Crippen molar-refractivity contribution in [1.29, 1.82) is 0 Å². The van der Waals surface area contributed by atoms with E-state index in [2.05, 4.69) is 24.0 Å². The van der Waals surface area contributed by atoms with Crippen molar-refractivity contribution in [3.05, 3.63) is 48.7 Å². The molecular weight excluding hydrogens is 186 g/mol. The molecule has 1 N–H and O–H groups in total. The Kier molecular flexibility index (Phi) is 3.41. The molecule has 2 nitrogen and oxygen atoms in total. The van der Waals surface area contributed by atoms with E-state index in [0.29, 0.717) is 12.1 Å². The number of rotatable bonds is 5. The number of nitrogens with one attached hydrogen (secondary N) is 1. The number of benzene rings is 1. The number of ether oxygens (including phenoxy) is 1. The second kappa shape index (κ2) is 4.99. The minimum atomic E-state index is 0.419.